The molecule has 0 spiro atoms. The van der Waals surface area contributed by atoms with Crippen LogP contribution in [0.2, 0.25) is 0 Å². The minimum atomic E-state index is -0.379. The molecule has 1 amide bonds. The van der Waals surface area contributed by atoms with Gasteiger partial charge in [0.05, 0.1) is 12.2 Å². The lowest BCUT2D eigenvalue weighted by Gasteiger charge is -2.38. The average molecular weight is 405 g/mol. The molecule has 2 saturated heterocycles. The van der Waals surface area contributed by atoms with Gasteiger partial charge in [0.25, 0.3) is 0 Å². The number of amides is 1. The molecular weight excluding hydrogens is 371 g/mol. The number of piperidine rings is 1. The lowest BCUT2D eigenvalue weighted by molar-refractivity contribution is -0.133. The fourth-order valence-electron chi connectivity index (χ4n) is 4.20. The van der Waals surface area contributed by atoms with Crippen LogP contribution in [0.3, 0.4) is 0 Å². The summed E-state index contributed by atoms with van der Waals surface area (Å²) < 4.78 is 14.4. The molecule has 3 rings (SSSR count). The number of nitrogens with zero attached hydrogens (tertiary/aromatic N) is 3. The van der Waals surface area contributed by atoms with Crippen LogP contribution in [-0.4, -0.2) is 79.4 Å². The second kappa shape index (κ2) is 9.67. The van der Waals surface area contributed by atoms with Crippen LogP contribution in [-0.2, 0) is 4.79 Å². The molecule has 160 valence electrons. The highest BCUT2D eigenvalue weighted by Gasteiger charge is 2.26. The fraction of sp³-hybridized carbons (Fsp3) is 0.636. The Morgan fingerprint density at radius 2 is 1.76 bits per heavy atom. The van der Waals surface area contributed by atoms with Gasteiger partial charge in [-0.1, -0.05) is 13.8 Å². The molecule has 0 radical (unpaired) electrons. The molecule has 29 heavy (non-hydrogen) atoms. The molecular formula is C22H33FN4O2. The van der Waals surface area contributed by atoms with E-state index in [4.69, 9.17) is 0 Å². The number of hydrogen-bond donors (Lipinski definition) is 1. The molecule has 0 unspecified atom stereocenters. The van der Waals surface area contributed by atoms with Crippen LogP contribution < -0.4 is 10.2 Å². The van der Waals surface area contributed by atoms with Gasteiger partial charge in [-0.05, 0) is 38.0 Å². The molecule has 0 aliphatic carbocycles. The Morgan fingerprint density at radius 1 is 1.10 bits per heavy atom. The van der Waals surface area contributed by atoms with Gasteiger partial charge in [-0.2, -0.15) is 0 Å². The number of likely N-dealkylation sites (tertiary alicyclic amines) is 1. The van der Waals surface area contributed by atoms with Crippen molar-refractivity contribution in [3.63, 3.8) is 0 Å². The maximum atomic E-state index is 14.4. The van der Waals surface area contributed by atoms with E-state index in [1.807, 2.05) is 9.80 Å². The molecule has 0 saturated carbocycles. The molecule has 2 aliphatic heterocycles. The Hall–Kier alpha value is -1.99. The summed E-state index contributed by atoms with van der Waals surface area (Å²) in [6, 6.07) is 5.67. The summed E-state index contributed by atoms with van der Waals surface area (Å²) in [6.45, 7) is 10.5. The standard InChI is InChI=1S/C22H33FN4O2/c1-16(2)24-19-6-8-25(9-7-19)15-22(29)27-12-10-26(11-13-27)21-5-4-18(17(3)28)14-20(21)23/h4-5,14,16,19,24H,6-13,15H2,1-3H3. The molecule has 1 N–H and O–H groups in total. The minimum Gasteiger partial charge on any atom is -0.366 e. The number of Topliss-reactive ketones (excluding diaryl/α,β-unsaturated/α-hetero) is 1. The van der Waals surface area contributed by atoms with Gasteiger partial charge in [0.2, 0.25) is 5.91 Å². The first-order chi connectivity index (χ1) is 13.8. The number of rotatable bonds is 6. The summed E-state index contributed by atoms with van der Waals surface area (Å²) in [5, 5.41) is 3.58. The summed E-state index contributed by atoms with van der Waals surface area (Å²) in [6.07, 6.45) is 2.16. The zero-order valence-electron chi connectivity index (χ0n) is 17.8. The van der Waals surface area contributed by atoms with Crippen LogP contribution in [0.4, 0.5) is 10.1 Å². The lowest BCUT2D eigenvalue weighted by Crippen LogP contribution is -2.53. The molecule has 2 fully saturated rings. The Bertz CT molecular complexity index is 724. The van der Waals surface area contributed by atoms with Gasteiger partial charge in [0.1, 0.15) is 5.82 Å². The SMILES string of the molecule is CC(=O)c1ccc(N2CCN(C(=O)CN3CCC(NC(C)C)CC3)CC2)c(F)c1. The zero-order valence-corrected chi connectivity index (χ0v) is 17.8. The number of carbonyl (C=O) groups excluding carboxylic acids is 2. The number of piperazine rings is 1. The quantitative estimate of drug-likeness (QED) is 0.737. The lowest BCUT2D eigenvalue weighted by atomic mass is 10.0. The van der Waals surface area contributed by atoms with E-state index in [1.165, 1.54) is 13.0 Å². The van der Waals surface area contributed by atoms with Crippen LogP contribution in [0.15, 0.2) is 18.2 Å². The monoisotopic (exact) mass is 404 g/mol. The first-order valence-electron chi connectivity index (χ1n) is 10.6. The van der Waals surface area contributed by atoms with Gasteiger partial charge < -0.3 is 15.1 Å². The first-order valence-corrected chi connectivity index (χ1v) is 10.6. The fourth-order valence-corrected chi connectivity index (χ4v) is 4.20. The van der Waals surface area contributed by atoms with E-state index in [9.17, 15) is 14.0 Å². The van der Waals surface area contributed by atoms with Crippen molar-refractivity contribution in [2.24, 2.45) is 0 Å². The van der Waals surface area contributed by atoms with Gasteiger partial charge in [-0.25, -0.2) is 4.39 Å². The molecule has 7 heteroatoms. The van der Waals surface area contributed by atoms with Crippen LogP contribution in [0.1, 0.15) is 44.0 Å². The minimum absolute atomic E-state index is 0.144. The predicted molar refractivity (Wildman–Crippen MR) is 113 cm³/mol. The number of nitrogens with one attached hydrogen (secondary N) is 1. The number of halogens is 1. The van der Waals surface area contributed by atoms with E-state index in [0.717, 1.165) is 25.9 Å². The summed E-state index contributed by atoms with van der Waals surface area (Å²) in [4.78, 5) is 30.2. The van der Waals surface area contributed by atoms with Crippen molar-refractivity contribution in [3.05, 3.63) is 29.6 Å². The van der Waals surface area contributed by atoms with E-state index in [0.29, 0.717) is 56.1 Å². The average Bonchev–Trinajstić information content (AvgIpc) is 2.69. The van der Waals surface area contributed by atoms with E-state index in [2.05, 4.69) is 24.1 Å². The molecule has 0 aromatic heterocycles. The number of carbonyl (C=O) groups is 2. The van der Waals surface area contributed by atoms with Crippen molar-refractivity contribution < 1.29 is 14.0 Å². The Morgan fingerprint density at radius 3 is 2.31 bits per heavy atom. The highest BCUT2D eigenvalue weighted by atomic mass is 19.1. The molecule has 1 aromatic rings. The summed E-state index contributed by atoms with van der Waals surface area (Å²) in [7, 11) is 0. The number of ketones is 1. The predicted octanol–water partition coefficient (Wildman–Crippen LogP) is 2.14. The van der Waals surface area contributed by atoms with Crippen molar-refractivity contribution in [2.75, 3.05) is 50.7 Å². The van der Waals surface area contributed by atoms with Crippen LogP contribution in [0, 0.1) is 5.82 Å². The van der Waals surface area contributed by atoms with Gasteiger partial charge >= 0.3 is 0 Å². The second-order valence-electron chi connectivity index (χ2n) is 8.46. The zero-order chi connectivity index (χ0) is 21.0. The molecule has 2 aliphatic rings. The van der Waals surface area contributed by atoms with Crippen molar-refractivity contribution >= 4 is 17.4 Å². The van der Waals surface area contributed by atoms with Crippen molar-refractivity contribution in [1.82, 2.24) is 15.1 Å². The van der Waals surface area contributed by atoms with Crippen molar-refractivity contribution in [2.45, 2.75) is 45.7 Å². The Kier molecular flexibility index (Phi) is 7.24. The maximum Gasteiger partial charge on any atom is 0.236 e. The van der Waals surface area contributed by atoms with E-state index in [-0.39, 0.29) is 17.5 Å². The summed E-state index contributed by atoms with van der Waals surface area (Å²) in [5.74, 6) is -0.363. The van der Waals surface area contributed by atoms with Crippen LogP contribution in [0.25, 0.3) is 0 Å². The number of anilines is 1. The summed E-state index contributed by atoms with van der Waals surface area (Å²) in [5.41, 5.74) is 0.884. The first kappa shape index (κ1) is 21.7. The van der Waals surface area contributed by atoms with Gasteiger partial charge in [-0.3, -0.25) is 14.5 Å². The normalized spacial score (nSPS) is 19.1. The van der Waals surface area contributed by atoms with E-state index >= 15 is 0 Å². The third-order valence-electron chi connectivity index (χ3n) is 5.84. The van der Waals surface area contributed by atoms with E-state index < -0.39 is 0 Å². The Labute approximate surface area is 173 Å². The topological polar surface area (TPSA) is 55.9 Å². The molecule has 6 nitrogen and oxygen atoms in total. The third kappa shape index (κ3) is 5.76. The van der Waals surface area contributed by atoms with Gasteiger partial charge in [-0.15, -0.1) is 0 Å². The maximum absolute atomic E-state index is 14.4. The smallest absolute Gasteiger partial charge is 0.236 e. The van der Waals surface area contributed by atoms with Crippen LogP contribution >= 0.6 is 0 Å². The highest BCUT2D eigenvalue weighted by molar-refractivity contribution is 5.94. The van der Waals surface area contributed by atoms with Gasteiger partial charge in [0.15, 0.2) is 5.78 Å². The van der Waals surface area contributed by atoms with E-state index in [1.54, 1.807) is 12.1 Å². The molecule has 0 bridgehead atoms. The number of hydrogen-bond acceptors (Lipinski definition) is 5. The largest absolute Gasteiger partial charge is 0.366 e. The third-order valence-corrected chi connectivity index (χ3v) is 5.84. The Balaban J connectivity index is 1.46. The second-order valence-corrected chi connectivity index (χ2v) is 8.46. The molecule has 2 heterocycles. The van der Waals surface area contributed by atoms with Crippen molar-refractivity contribution in [1.29, 1.82) is 0 Å². The number of benzene rings is 1. The van der Waals surface area contributed by atoms with Crippen LogP contribution in [0.5, 0.6) is 0 Å². The molecule has 1 aromatic carbocycles. The van der Waals surface area contributed by atoms with Crippen molar-refractivity contribution in [3.8, 4) is 0 Å². The summed E-state index contributed by atoms with van der Waals surface area (Å²) >= 11 is 0. The highest BCUT2D eigenvalue weighted by Crippen LogP contribution is 2.22. The van der Waals surface area contributed by atoms with Gasteiger partial charge in [0, 0.05) is 56.9 Å². The molecule has 0 atom stereocenters.